The second-order valence-corrected chi connectivity index (χ2v) is 7.96. The highest BCUT2D eigenvalue weighted by molar-refractivity contribution is 5.84. The molecule has 1 aliphatic heterocycles. The van der Waals surface area contributed by atoms with E-state index in [2.05, 4.69) is 25.2 Å². The van der Waals surface area contributed by atoms with Crippen LogP contribution in [0.1, 0.15) is 5.56 Å². The molecule has 5 rings (SSSR count). The maximum atomic E-state index is 12.8. The molecule has 1 fully saturated rings. The van der Waals surface area contributed by atoms with Gasteiger partial charge in [0.05, 0.1) is 26.3 Å². The van der Waals surface area contributed by atoms with Crippen LogP contribution in [0.5, 0.6) is 11.5 Å². The van der Waals surface area contributed by atoms with Crippen molar-refractivity contribution in [2.75, 3.05) is 45.3 Å². The first-order chi connectivity index (χ1) is 16.7. The van der Waals surface area contributed by atoms with Gasteiger partial charge in [0.2, 0.25) is 5.91 Å². The molecule has 2 aromatic carbocycles. The lowest BCUT2D eigenvalue weighted by molar-refractivity contribution is -0.130. The van der Waals surface area contributed by atoms with Gasteiger partial charge in [-0.05, 0) is 42.0 Å². The Kier molecular flexibility index (Phi) is 5.94. The van der Waals surface area contributed by atoms with E-state index in [9.17, 15) is 4.79 Å². The van der Waals surface area contributed by atoms with E-state index in [-0.39, 0.29) is 5.91 Å². The maximum Gasteiger partial charge on any atom is 0.227 e. The molecule has 34 heavy (non-hydrogen) atoms. The summed E-state index contributed by atoms with van der Waals surface area (Å²) in [7, 11) is 3.26. The van der Waals surface area contributed by atoms with E-state index in [1.165, 1.54) is 6.33 Å². The number of aromatic nitrogens is 5. The number of nitrogens with zero attached hydrogens (tertiary/aromatic N) is 7. The summed E-state index contributed by atoms with van der Waals surface area (Å²) in [6, 6.07) is 15.2. The SMILES string of the molecule is COc1ccc(CC(=O)N2CCN(c3ncnc4c3nnn4-c3ccc(OC)cc3)CC2)cc1. The van der Waals surface area contributed by atoms with E-state index in [1.807, 2.05) is 53.4 Å². The maximum absolute atomic E-state index is 12.8. The fourth-order valence-corrected chi connectivity index (χ4v) is 4.06. The molecule has 0 N–H and O–H groups in total. The summed E-state index contributed by atoms with van der Waals surface area (Å²) in [5.74, 6) is 2.39. The zero-order valence-electron chi connectivity index (χ0n) is 19.1. The molecule has 10 heteroatoms. The van der Waals surface area contributed by atoms with Gasteiger partial charge in [0.15, 0.2) is 17.0 Å². The molecule has 3 heterocycles. The van der Waals surface area contributed by atoms with Gasteiger partial charge in [-0.1, -0.05) is 17.3 Å². The molecule has 2 aromatic heterocycles. The number of fused-ring (bicyclic) bond motifs is 1. The van der Waals surface area contributed by atoms with Crippen molar-refractivity contribution < 1.29 is 14.3 Å². The number of carbonyl (C=O) groups excluding carboxylic acids is 1. The second-order valence-electron chi connectivity index (χ2n) is 7.96. The zero-order valence-corrected chi connectivity index (χ0v) is 19.1. The summed E-state index contributed by atoms with van der Waals surface area (Å²) in [5.41, 5.74) is 3.08. The average molecular weight is 460 g/mol. The predicted molar refractivity (Wildman–Crippen MR) is 126 cm³/mol. The number of ether oxygens (including phenoxy) is 2. The second kappa shape index (κ2) is 9.34. The number of hydrogen-bond acceptors (Lipinski definition) is 8. The first-order valence-electron chi connectivity index (χ1n) is 11.0. The van der Waals surface area contributed by atoms with Crippen molar-refractivity contribution in [1.82, 2.24) is 29.9 Å². The summed E-state index contributed by atoms with van der Waals surface area (Å²) in [6.45, 7) is 2.56. The van der Waals surface area contributed by atoms with Crippen molar-refractivity contribution in [1.29, 1.82) is 0 Å². The van der Waals surface area contributed by atoms with Crippen LogP contribution in [0.25, 0.3) is 16.9 Å². The minimum Gasteiger partial charge on any atom is -0.497 e. The van der Waals surface area contributed by atoms with Gasteiger partial charge in [-0.3, -0.25) is 4.79 Å². The van der Waals surface area contributed by atoms with Crippen LogP contribution in [-0.4, -0.2) is 76.2 Å². The summed E-state index contributed by atoms with van der Waals surface area (Å²) in [4.78, 5) is 25.7. The van der Waals surface area contributed by atoms with Crippen molar-refractivity contribution in [3.05, 3.63) is 60.4 Å². The minimum atomic E-state index is 0.114. The van der Waals surface area contributed by atoms with Crippen LogP contribution in [0.3, 0.4) is 0 Å². The molecule has 0 radical (unpaired) electrons. The average Bonchev–Trinajstić information content (AvgIpc) is 3.34. The van der Waals surface area contributed by atoms with Crippen LogP contribution in [0.2, 0.25) is 0 Å². The molecule has 1 amide bonds. The molecule has 0 atom stereocenters. The van der Waals surface area contributed by atoms with E-state index in [4.69, 9.17) is 9.47 Å². The summed E-state index contributed by atoms with van der Waals surface area (Å²) >= 11 is 0. The molecule has 1 saturated heterocycles. The number of carbonyl (C=O) groups is 1. The molecule has 0 unspecified atom stereocenters. The molecule has 1 aliphatic rings. The largest absolute Gasteiger partial charge is 0.497 e. The highest BCUT2D eigenvalue weighted by atomic mass is 16.5. The minimum absolute atomic E-state index is 0.114. The van der Waals surface area contributed by atoms with Crippen molar-refractivity contribution in [2.24, 2.45) is 0 Å². The summed E-state index contributed by atoms with van der Waals surface area (Å²) in [5, 5.41) is 8.66. The Hall–Kier alpha value is -4.21. The summed E-state index contributed by atoms with van der Waals surface area (Å²) < 4.78 is 12.1. The van der Waals surface area contributed by atoms with Crippen LogP contribution >= 0.6 is 0 Å². The van der Waals surface area contributed by atoms with Gasteiger partial charge in [0.1, 0.15) is 17.8 Å². The number of piperazine rings is 1. The molecule has 0 spiro atoms. The lowest BCUT2D eigenvalue weighted by atomic mass is 10.1. The number of amides is 1. The van der Waals surface area contributed by atoms with E-state index < -0.39 is 0 Å². The van der Waals surface area contributed by atoms with Gasteiger partial charge >= 0.3 is 0 Å². The lowest BCUT2D eigenvalue weighted by Crippen LogP contribution is -2.49. The van der Waals surface area contributed by atoms with Crippen LogP contribution in [0.4, 0.5) is 5.82 Å². The summed E-state index contributed by atoms with van der Waals surface area (Å²) in [6.07, 6.45) is 1.90. The number of methoxy groups -OCH3 is 2. The first-order valence-corrected chi connectivity index (χ1v) is 11.0. The molecular weight excluding hydrogens is 434 g/mol. The van der Waals surface area contributed by atoms with Crippen molar-refractivity contribution in [3.63, 3.8) is 0 Å². The van der Waals surface area contributed by atoms with Crippen molar-refractivity contribution in [2.45, 2.75) is 6.42 Å². The molecule has 0 aliphatic carbocycles. The molecular formula is C24H25N7O3. The highest BCUT2D eigenvalue weighted by Crippen LogP contribution is 2.24. The predicted octanol–water partition coefficient (Wildman–Crippen LogP) is 2.12. The smallest absolute Gasteiger partial charge is 0.227 e. The van der Waals surface area contributed by atoms with E-state index >= 15 is 0 Å². The lowest BCUT2D eigenvalue weighted by Gasteiger charge is -2.35. The first kappa shape index (κ1) is 21.6. The third-order valence-electron chi connectivity index (χ3n) is 5.98. The number of hydrogen-bond donors (Lipinski definition) is 0. The van der Waals surface area contributed by atoms with Gasteiger partial charge in [-0.15, -0.1) is 5.10 Å². The van der Waals surface area contributed by atoms with Gasteiger partial charge in [-0.25, -0.2) is 9.97 Å². The third-order valence-corrected chi connectivity index (χ3v) is 5.98. The Labute approximate surface area is 196 Å². The van der Waals surface area contributed by atoms with E-state index in [0.717, 1.165) is 28.6 Å². The van der Waals surface area contributed by atoms with Crippen LogP contribution in [-0.2, 0) is 11.2 Å². The van der Waals surface area contributed by atoms with Gasteiger partial charge < -0.3 is 19.3 Å². The molecule has 4 aromatic rings. The van der Waals surface area contributed by atoms with E-state index in [1.54, 1.807) is 18.9 Å². The highest BCUT2D eigenvalue weighted by Gasteiger charge is 2.25. The van der Waals surface area contributed by atoms with Crippen molar-refractivity contribution >= 4 is 22.9 Å². The van der Waals surface area contributed by atoms with Crippen molar-refractivity contribution in [3.8, 4) is 17.2 Å². The molecule has 0 bridgehead atoms. The van der Waals surface area contributed by atoms with Crippen LogP contribution in [0.15, 0.2) is 54.9 Å². The topological polar surface area (TPSA) is 98.5 Å². The number of rotatable bonds is 6. The molecule has 10 nitrogen and oxygen atoms in total. The van der Waals surface area contributed by atoms with Gasteiger partial charge in [-0.2, -0.15) is 4.68 Å². The zero-order chi connectivity index (χ0) is 23.5. The third kappa shape index (κ3) is 4.21. The van der Waals surface area contributed by atoms with Crippen LogP contribution < -0.4 is 14.4 Å². The number of benzene rings is 2. The number of anilines is 1. The molecule has 0 saturated carbocycles. The normalized spacial score (nSPS) is 13.8. The Morgan fingerprint density at radius 1 is 0.882 bits per heavy atom. The Morgan fingerprint density at radius 2 is 1.53 bits per heavy atom. The fraction of sp³-hybridized carbons (Fsp3) is 0.292. The van der Waals surface area contributed by atoms with Gasteiger partial charge in [0, 0.05) is 26.2 Å². The fourth-order valence-electron chi connectivity index (χ4n) is 4.06. The Balaban J connectivity index is 1.28. The van der Waals surface area contributed by atoms with Crippen LogP contribution in [0, 0.1) is 0 Å². The molecule has 174 valence electrons. The van der Waals surface area contributed by atoms with E-state index in [0.29, 0.717) is 43.8 Å². The Morgan fingerprint density at radius 3 is 2.18 bits per heavy atom. The Bertz CT molecular complexity index is 1280. The van der Waals surface area contributed by atoms with Gasteiger partial charge in [0.25, 0.3) is 0 Å². The standard InChI is InChI=1S/C24H25N7O3/c1-33-19-7-3-17(4-8-19)15-21(32)29-11-13-30(14-12-29)23-22-24(26-16-25-23)31(28-27-22)18-5-9-20(34-2)10-6-18/h3-10,16H,11-15H2,1-2H3. The monoisotopic (exact) mass is 459 g/mol. The quantitative estimate of drug-likeness (QED) is 0.432.